The van der Waals surface area contributed by atoms with Gasteiger partial charge in [0.05, 0.1) is 0 Å². The van der Waals surface area contributed by atoms with Crippen LogP contribution < -0.4 is 14.8 Å². The largest absolute Gasteiger partial charge is 0.573 e. The minimum absolute atomic E-state index is 0.157. The Bertz CT molecular complexity index is 441. The van der Waals surface area contributed by atoms with E-state index in [1.165, 1.54) is 12.1 Å². The third-order valence-corrected chi connectivity index (χ3v) is 2.37. The van der Waals surface area contributed by atoms with E-state index in [9.17, 15) is 18.0 Å². The highest BCUT2D eigenvalue weighted by atomic mass is 19.4. The van der Waals surface area contributed by atoms with Crippen LogP contribution in [0.1, 0.15) is 12.8 Å². The van der Waals surface area contributed by atoms with Gasteiger partial charge in [-0.15, -0.1) is 13.2 Å². The minimum atomic E-state index is -4.72. The molecule has 1 aromatic rings. The van der Waals surface area contributed by atoms with Gasteiger partial charge in [0.2, 0.25) is 0 Å². The second-order valence-corrected chi connectivity index (χ2v) is 4.15. The van der Waals surface area contributed by atoms with Crippen molar-refractivity contribution < 1.29 is 27.4 Å². The van der Waals surface area contributed by atoms with Crippen LogP contribution in [-0.2, 0) is 4.79 Å². The molecule has 0 aliphatic heterocycles. The zero-order valence-electron chi connectivity index (χ0n) is 9.87. The Morgan fingerprint density at radius 3 is 2.32 bits per heavy atom. The number of carbonyl (C=O) groups is 1. The third kappa shape index (κ3) is 5.07. The number of alkyl halides is 3. The van der Waals surface area contributed by atoms with Crippen LogP contribution in [0.15, 0.2) is 24.3 Å². The molecule has 1 aromatic carbocycles. The predicted octanol–water partition coefficient (Wildman–Crippen LogP) is 2.24. The quantitative estimate of drug-likeness (QED) is 0.896. The Morgan fingerprint density at radius 2 is 1.79 bits per heavy atom. The standard InChI is InChI=1S/C12H12F3NO3/c13-12(14,15)19-10-5-3-9(4-6-10)18-7-11(17)16-8-1-2-8/h3-6,8H,1-2,7H2,(H,16,17). The Balaban J connectivity index is 1.79. The van der Waals surface area contributed by atoms with Gasteiger partial charge in [-0.25, -0.2) is 0 Å². The first kappa shape index (κ1) is 13.5. The normalized spacial score (nSPS) is 14.9. The molecule has 1 fully saturated rings. The van der Waals surface area contributed by atoms with Crippen molar-refractivity contribution in [2.24, 2.45) is 0 Å². The van der Waals surface area contributed by atoms with Gasteiger partial charge in [-0.3, -0.25) is 4.79 Å². The Hall–Kier alpha value is -1.92. The molecule has 0 spiro atoms. The van der Waals surface area contributed by atoms with Crippen molar-refractivity contribution >= 4 is 5.91 Å². The van der Waals surface area contributed by atoms with Crippen molar-refractivity contribution in [2.45, 2.75) is 25.2 Å². The molecule has 7 heteroatoms. The van der Waals surface area contributed by atoms with E-state index in [1.807, 2.05) is 0 Å². The van der Waals surface area contributed by atoms with Crippen LogP contribution in [0.3, 0.4) is 0 Å². The number of hydrogen-bond acceptors (Lipinski definition) is 3. The van der Waals surface area contributed by atoms with E-state index >= 15 is 0 Å². The zero-order chi connectivity index (χ0) is 13.9. The molecular weight excluding hydrogens is 263 g/mol. The highest BCUT2D eigenvalue weighted by molar-refractivity contribution is 5.78. The molecule has 104 valence electrons. The van der Waals surface area contributed by atoms with Crippen molar-refractivity contribution in [3.8, 4) is 11.5 Å². The van der Waals surface area contributed by atoms with Crippen molar-refractivity contribution in [3.05, 3.63) is 24.3 Å². The summed E-state index contributed by atoms with van der Waals surface area (Å²) in [7, 11) is 0. The molecule has 0 heterocycles. The first-order chi connectivity index (χ1) is 8.92. The van der Waals surface area contributed by atoms with Crippen LogP contribution in [0.2, 0.25) is 0 Å². The molecule has 0 bridgehead atoms. The summed E-state index contributed by atoms with van der Waals surface area (Å²) in [5.41, 5.74) is 0. The zero-order valence-corrected chi connectivity index (χ0v) is 9.87. The number of benzene rings is 1. The Labute approximate surface area is 107 Å². The Kier molecular flexibility index (Phi) is 3.82. The smallest absolute Gasteiger partial charge is 0.484 e. The van der Waals surface area contributed by atoms with Crippen molar-refractivity contribution in [2.75, 3.05) is 6.61 Å². The molecule has 1 aliphatic rings. The average molecular weight is 275 g/mol. The van der Waals surface area contributed by atoms with Crippen LogP contribution in [0, 0.1) is 0 Å². The molecule has 1 amide bonds. The first-order valence-corrected chi connectivity index (χ1v) is 5.70. The van der Waals surface area contributed by atoms with Crippen LogP contribution in [0.4, 0.5) is 13.2 Å². The summed E-state index contributed by atoms with van der Waals surface area (Å²) in [6.45, 7) is -0.157. The van der Waals surface area contributed by atoms with Crippen molar-refractivity contribution in [1.82, 2.24) is 5.32 Å². The fourth-order valence-corrected chi connectivity index (χ4v) is 1.38. The maximum Gasteiger partial charge on any atom is 0.573 e. The summed E-state index contributed by atoms with van der Waals surface area (Å²) in [6.07, 6.45) is -2.75. The molecule has 1 aliphatic carbocycles. The number of amides is 1. The summed E-state index contributed by atoms with van der Waals surface area (Å²) in [5, 5.41) is 2.73. The van der Waals surface area contributed by atoms with Gasteiger partial charge in [0.25, 0.3) is 5.91 Å². The molecule has 4 nitrogen and oxygen atoms in total. The van der Waals surface area contributed by atoms with Gasteiger partial charge in [-0.05, 0) is 37.1 Å². The van der Waals surface area contributed by atoms with Crippen molar-refractivity contribution in [3.63, 3.8) is 0 Å². The molecular formula is C12H12F3NO3. The molecule has 0 saturated heterocycles. The van der Waals surface area contributed by atoms with Gasteiger partial charge in [0, 0.05) is 6.04 Å². The number of rotatable bonds is 5. The van der Waals surface area contributed by atoms with E-state index in [-0.39, 0.29) is 24.3 Å². The predicted molar refractivity (Wildman–Crippen MR) is 59.8 cm³/mol. The molecule has 1 saturated carbocycles. The van der Waals surface area contributed by atoms with Gasteiger partial charge in [0.15, 0.2) is 6.61 Å². The summed E-state index contributed by atoms with van der Waals surface area (Å²) in [6, 6.07) is 5.12. The van der Waals surface area contributed by atoms with Gasteiger partial charge in [0.1, 0.15) is 11.5 Å². The molecule has 19 heavy (non-hydrogen) atoms. The lowest BCUT2D eigenvalue weighted by Crippen LogP contribution is -2.30. The van der Waals surface area contributed by atoms with E-state index in [1.54, 1.807) is 0 Å². The summed E-state index contributed by atoms with van der Waals surface area (Å²) < 4.78 is 44.6. The van der Waals surface area contributed by atoms with Gasteiger partial charge in [-0.2, -0.15) is 0 Å². The first-order valence-electron chi connectivity index (χ1n) is 5.70. The molecule has 0 unspecified atom stereocenters. The molecule has 1 N–H and O–H groups in total. The maximum atomic E-state index is 11.9. The maximum absolute atomic E-state index is 11.9. The highest BCUT2D eigenvalue weighted by Crippen LogP contribution is 2.24. The van der Waals surface area contributed by atoms with E-state index in [0.29, 0.717) is 5.75 Å². The number of ether oxygens (including phenoxy) is 2. The van der Waals surface area contributed by atoms with Crippen LogP contribution >= 0.6 is 0 Å². The van der Waals surface area contributed by atoms with Crippen LogP contribution in [0.25, 0.3) is 0 Å². The second kappa shape index (κ2) is 5.38. The summed E-state index contributed by atoms with van der Waals surface area (Å²) >= 11 is 0. The topological polar surface area (TPSA) is 47.6 Å². The summed E-state index contributed by atoms with van der Waals surface area (Å²) in [4.78, 5) is 11.3. The number of nitrogens with one attached hydrogen (secondary N) is 1. The second-order valence-electron chi connectivity index (χ2n) is 4.15. The van der Waals surface area contributed by atoms with Crippen LogP contribution in [0.5, 0.6) is 11.5 Å². The molecule has 0 aromatic heterocycles. The SMILES string of the molecule is O=C(COc1ccc(OC(F)(F)F)cc1)NC1CC1. The molecule has 0 radical (unpaired) electrons. The van der Waals surface area contributed by atoms with E-state index in [0.717, 1.165) is 25.0 Å². The number of carbonyl (C=O) groups excluding carboxylic acids is 1. The van der Waals surface area contributed by atoms with Crippen LogP contribution in [-0.4, -0.2) is 24.9 Å². The third-order valence-electron chi connectivity index (χ3n) is 2.37. The van der Waals surface area contributed by atoms with E-state index < -0.39 is 6.36 Å². The lowest BCUT2D eigenvalue weighted by molar-refractivity contribution is -0.274. The molecule has 0 atom stereocenters. The van der Waals surface area contributed by atoms with Crippen molar-refractivity contribution in [1.29, 1.82) is 0 Å². The van der Waals surface area contributed by atoms with E-state index in [4.69, 9.17) is 4.74 Å². The average Bonchev–Trinajstić information content (AvgIpc) is 3.10. The lowest BCUT2D eigenvalue weighted by atomic mass is 10.3. The van der Waals surface area contributed by atoms with E-state index in [2.05, 4.69) is 10.1 Å². The summed E-state index contributed by atoms with van der Waals surface area (Å²) in [5.74, 6) is -0.263. The highest BCUT2D eigenvalue weighted by Gasteiger charge is 2.31. The van der Waals surface area contributed by atoms with Gasteiger partial charge in [-0.1, -0.05) is 0 Å². The number of halogens is 3. The van der Waals surface area contributed by atoms with Gasteiger partial charge < -0.3 is 14.8 Å². The molecule has 2 rings (SSSR count). The fraction of sp³-hybridized carbons (Fsp3) is 0.417. The van der Waals surface area contributed by atoms with Gasteiger partial charge >= 0.3 is 6.36 Å². The Morgan fingerprint density at radius 1 is 1.21 bits per heavy atom. The lowest BCUT2D eigenvalue weighted by Gasteiger charge is -2.10. The number of hydrogen-bond donors (Lipinski definition) is 1. The fourth-order valence-electron chi connectivity index (χ4n) is 1.38. The minimum Gasteiger partial charge on any atom is -0.484 e. The monoisotopic (exact) mass is 275 g/mol.